The first kappa shape index (κ1) is 17.7. The lowest BCUT2D eigenvalue weighted by molar-refractivity contribution is -0.134. The summed E-state index contributed by atoms with van der Waals surface area (Å²) in [5.74, 6) is -0.0379. The van der Waals surface area contributed by atoms with Crippen molar-refractivity contribution in [2.45, 2.75) is 31.2 Å². The van der Waals surface area contributed by atoms with Crippen molar-refractivity contribution in [3.05, 3.63) is 59.9 Å². The van der Waals surface area contributed by atoms with E-state index in [4.69, 9.17) is 4.74 Å². The average molecular weight is 365 g/mol. The number of carbonyl (C=O) groups excluding carboxylic acids is 2. The molecule has 0 bridgehead atoms. The number of nitrogens with one attached hydrogen (secondary N) is 1. The Kier molecular flexibility index (Phi) is 4.66. The van der Waals surface area contributed by atoms with Crippen molar-refractivity contribution >= 4 is 17.5 Å². The molecule has 0 radical (unpaired) electrons. The fourth-order valence-electron chi connectivity index (χ4n) is 4.40. The van der Waals surface area contributed by atoms with E-state index in [1.165, 1.54) is 0 Å². The molecule has 2 aliphatic rings. The van der Waals surface area contributed by atoms with Crippen molar-refractivity contribution in [2.75, 3.05) is 25.1 Å². The highest BCUT2D eigenvalue weighted by Crippen LogP contribution is 2.54. The lowest BCUT2D eigenvalue weighted by Crippen LogP contribution is -2.42. The maximum Gasteiger partial charge on any atom is 0.237 e. The Labute approximate surface area is 158 Å². The van der Waals surface area contributed by atoms with Crippen LogP contribution in [0.2, 0.25) is 0 Å². The van der Waals surface area contributed by atoms with Crippen molar-refractivity contribution in [3.63, 3.8) is 0 Å². The van der Waals surface area contributed by atoms with Gasteiger partial charge in [0, 0.05) is 31.2 Å². The van der Waals surface area contributed by atoms with Crippen LogP contribution in [0, 0.1) is 0 Å². The van der Waals surface area contributed by atoms with Crippen LogP contribution in [0.25, 0.3) is 0 Å². The predicted molar refractivity (Wildman–Crippen MR) is 101 cm³/mol. The number of benzene rings is 1. The molecule has 6 heteroatoms. The fraction of sp³-hybridized carbons (Fsp3) is 0.381. The van der Waals surface area contributed by atoms with Crippen LogP contribution in [0.5, 0.6) is 0 Å². The number of hydrogen-bond donors (Lipinski definition) is 1. The van der Waals surface area contributed by atoms with E-state index in [-0.39, 0.29) is 17.9 Å². The Morgan fingerprint density at radius 1 is 1.33 bits per heavy atom. The van der Waals surface area contributed by atoms with Gasteiger partial charge in [0.15, 0.2) is 0 Å². The number of amides is 2. The third-order valence-electron chi connectivity index (χ3n) is 5.57. The number of rotatable bonds is 5. The molecule has 1 aromatic carbocycles. The van der Waals surface area contributed by atoms with E-state index in [0.29, 0.717) is 32.6 Å². The minimum Gasteiger partial charge on any atom is -0.381 e. The number of fused-ring (bicyclic) bond motifs is 2. The highest BCUT2D eigenvalue weighted by Gasteiger charge is 2.59. The van der Waals surface area contributed by atoms with Crippen LogP contribution in [0.15, 0.2) is 48.8 Å². The first-order valence-corrected chi connectivity index (χ1v) is 9.36. The molecule has 0 saturated carbocycles. The topological polar surface area (TPSA) is 71.5 Å². The Bertz CT molecular complexity index is 855. The summed E-state index contributed by atoms with van der Waals surface area (Å²) in [5, 5.41) is 3.02. The van der Waals surface area contributed by atoms with Crippen molar-refractivity contribution in [3.8, 4) is 0 Å². The van der Waals surface area contributed by atoms with Gasteiger partial charge in [-0.15, -0.1) is 0 Å². The maximum atomic E-state index is 13.2. The number of aromatic nitrogens is 1. The third kappa shape index (κ3) is 2.80. The van der Waals surface area contributed by atoms with Gasteiger partial charge in [-0.05, 0) is 36.6 Å². The van der Waals surface area contributed by atoms with Gasteiger partial charge in [0.1, 0.15) is 5.41 Å². The quantitative estimate of drug-likeness (QED) is 0.827. The normalized spacial score (nSPS) is 23.5. The predicted octanol–water partition coefficient (Wildman–Crippen LogP) is 2.67. The van der Waals surface area contributed by atoms with Gasteiger partial charge in [-0.1, -0.05) is 24.3 Å². The van der Waals surface area contributed by atoms with Gasteiger partial charge < -0.3 is 15.0 Å². The zero-order valence-corrected chi connectivity index (χ0v) is 15.4. The number of para-hydroxylation sites is 1. The second-order valence-electron chi connectivity index (χ2n) is 6.94. The van der Waals surface area contributed by atoms with Crippen LogP contribution in [-0.4, -0.2) is 41.5 Å². The Hall–Kier alpha value is -2.73. The van der Waals surface area contributed by atoms with E-state index in [9.17, 15) is 9.59 Å². The summed E-state index contributed by atoms with van der Waals surface area (Å²) in [6.45, 7) is 3.42. The number of hydrogen-bond acceptors (Lipinski definition) is 4. The molecule has 1 fully saturated rings. The van der Waals surface area contributed by atoms with E-state index in [1.807, 2.05) is 48.2 Å². The third-order valence-corrected chi connectivity index (χ3v) is 5.57. The van der Waals surface area contributed by atoms with Gasteiger partial charge in [-0.3, -0.25) is 14.6 Å². The van der Waals surface area contributed by atoms with E-state index in [0.717, 1.165) is 16.8 Å². The second kappa shape index (κ2) is 7.12. The lowest BCUT2D eigenvalue weighted by atomic mass is 9.73. The van der Waals surface area contributed by atoms with Crippen LogP contribution < -0.4 is 5.32 Å². The standard InChI is InChI=1S/C21H23N3O3/c1-2-27-13-9-18(25)24-12-10-21(19(24)15-6-5-11-22-14-15)16-7-3-4-8-17(16)23-20(21)26/h3-8,11,14,19H,2,9-10,12-13H2,1H3,(H,23,26). The second-order valence-corrected chi connectivity index (χ2v) is 6.94. The first-order chi connectivity index (χ1) is 13.2. The molecule has 140 valence electrons. The number of anilines is 1. The molecule has 1 saturated heterocycles. The Balaban J connectivity index is 1.77. The number of pyridine rings is 1. The lowest BCUT2D eigenvalue weighted by Gasteiger charge is -2.34. The molecule has 1 aromatic heterocycles. The molecule has 0 aliphatic carbocycles. The minimum atomic E-state index is -0.777. The van der Waals surface area contributed by atoms with Gasteiger partial charge in [-0.2, -0.15) is 0 Å². The van der Waals surface area contributed by atoms with Crippen molar-refractivity contribution in [1.82, 2.24) is 9.88 Å². The molecule has 6 nitrogen and oxygen atoms in total. The Morgan fingerprint density at radius 2 is 2.19 bits per heavy atom. The first-order valence-electron chi connectivity index (χ1n) is 9.36. The van der Waals surface area contributed by atoms with Crippen LogP contribution in [-0.2, 0) is 19.7 Å². The smallest absolute Gasteiger partial charge is 0.237 e. The fourth-order valence-corrected chi connectivity index (χ4v) is 4.40. The zero-order valence-electron chi connectivity index (χ0n) is 15.4. The van der Waals surface area contributed by atoms with Crippen molar-refractivity contribution in [1.29, 1.82) is 0 Å². The van der Waals surface area contributed by atoms with Gasteiger partial charge in [-0.25, -0.2) is 0 Å². The molecule has 2 atom stereocenters. The maximum absolute atomic E-state index is 13.2. The zero-order chi connectivity index (χ0) is 18.9. The highest BCUT2D eigenvalue weighted by atomic mass is 16.5. The summed E-state index contributed by atoms with van der Waals surface area (Å²) in [6.07, 6.45) is 4.36. The Morgan fingerprint density at radius 3 is 2.96 bits per heavy atom. The summed E-state index contributed by atoms with van der Waals surface area (Å²) in [6, 6.07) is 11.2. The van der Waals surface area contributed by atoms with Crippen molar-refractivity contribution in [2.24, 2.45) is 0 Å². The van der Waals surface area contributed by atoms with E-state index < -0.39 is 5.41 Å². The van der Waals surface area contributed by atoms with Gasteiger partial charge >= 0.3 is 0 Å². The molecule has 3 heterocycles. The summed E-state index contributed by atoms with van der Waals surface area (Å²) in [7, 11) is 0. The monoisotopic (exact) mass is 365 g/mol. The molecule has 2 aromatic rings. The van der Waals surface area contributed by atoms with Crippen molar-refractivity contribution < 1.29 is 14.3 Å². The van der Waals surface area contributed by atoms with Gasteiger partial charge in [0.2, 0.25) is 11.8 Å². The van der Waals surface area contributed by atoms with E-state index in [1.54, 1.807) is 12.4 Å². The summed E-state index contributed by atoms with van der Waals surface area (Å²) >= 11 is 0. The largest absolute Gasteiger partial charge is 0.381 e. The van der Waals surface area contributed by atoms with Crippen LogP contribution in [0.1, 0.15) is 36.9 Å². The van der Waals surface area contributed by atoms with Gasteiger partial charge in [0.25, 0.3) is 0 Å². The molecule has 1 spiro atoms. The number of ether oxygens (including phenoxy) is 1. The van der Waals surface area contributed by atoms with Crippen LogP contribution in [0.4, 0.5) is 5.69 Å². The number of nitrogens with zero attached hydrogens (tertiary/aromatic N) is 2. The molecule has 2 unspecified atom stereocenters. The number of likely N-dealkylation sites (tertiary alicyclic amines) is 1. The SMILES string of the molecule is CCOCCC(=O)N1CCC2(C(=O)Nc3ccccc32)C1c1cccnc1. The summed E-state index contributed by atoms with van der Waals surface area (Å²) in [4.78, 5) is 32.2. The van der Waals surface area contributed by atoms with E-state index in [2.05, 4.69) is 10.3 Å². The molecule has 4 rings (SSSR count). The van der Waals surface area contributed by atoms with Crippen LogP contribution in [0.3, 0.4) is 0 Å². The summed E-state index contributed by atoms with van der Waals surface area (Å²) < 4.78 is 5.36. The summed E-state index contributed by atoms with van der Waals surface area (Å²) in [5.41, 5.74) is 1.90. The molecular weight excluding hydrogens is 342 g/mol. The molecule has 1 N–H and O–H groups in total. The molecule has 2 amide bonds. The minimum absolute atomic E-state index is 0.00589. The highest BCUT2D eigenvalue weighted by molar-refractivity contribution is 6.07. The average Bonchev–Trinajstić information content (AvgIpc) is 3.23. The number of carbonyl (C=O) groups is 2. The van der Waals surface area contributed by atoms with E-state index >= 15 is 0 Å². The van der Waals surface area contributed by atoms with Crippen LogP contribution >= 0.6 is 0 Å². The van der Waals surface area contributed by atoms with Gasteiger partial charge in [0.05, 0.1) is 19.1 Å². The molecule has 27 heavy (non-hydrogen) atoms. The molecule has 2 aliphatic heterocycles. The molecular formula is C21H23N3O3.